The minimum Gasteiger partial charge on any atom is -0.491 e. The molecule has 0 unspecified atom stereocenters. The lowest BCUT2D eigenvalue weighted by Crippen LogP contribution is -2.33. The van der Waals surface area contributed by atoms with E-state index in [2.05, 4.69) is 29.2 Å². The lowest BCUT2D eigenvalue weighted by molar-refractivity contribution is -0.186. The van der Waals surface area contributed by atoms with Gasteiger partial charge in [0.25, 0.3) is 0 Å². The number of imidazole rings is 1. The quantitative estimate of drug-likeness (QED) is 0.426. The van der Waals surface area contributed by atoms with Crippen LogP contribution < -0.4 is 4.74 Å². The summed E-state index contributed by atoms with van der Waals surface area (Å²) in [6, 6.07) is 22.5. The first-order chi connectivity index (χ1) is 14.8. The summed E-state index contributed by atoms with van der Waals surface area (Å²) in [6.07, 6.45) is 5.31. The summed E-state index contributed by atoms with van der Waals surface area (Å²) in [7, 11) is 0. The van der Waals surface area contributed by atoms with Crippen molar-refractivity contribution in [2.24, 2.45) is 0 Å². The summed E-state index contributed by atoms with van der Waals surface area (Å²) in [4.78, 5) is 5.18. The second-order valence-electron chi connectivity index (χ2n) is 7.22. The molecular weight excluding hydrogens is 396 g/mol. The fourth-order valence-corrected chi connectivity index (χ4v) is 4.43. The smallest absolute Gasteiger partial charge is 0.223 e. The predicted molar refractivity (Wildman–Crippen MR) is 116 cm³/mol. The molecule has 2 atom stereocenters. The van der Waals surface area contributed by atoms with Gasteiger partial charge in [0.05, 0.1) is 24.4 Å². The minimum absolute atomic E-state index is 0.149. The Bertz CT molecular complexity index is 1050. The molecule has 5 nitrogen and oxygen atoms in total. The third kappa shape index (κ3) is 4.03. The minimum atomic E-state index is -0.805. The first kappa shape index (κ1) is 19.1. The van der Waals surface area contributed by atoms with Crippen LogP contribution in [0.15, 0.2) is 90.8 Å². The van der Waals surface area contributed by atoms with E-state index < -0.39 is 5.79 Å². The number of nitrogens with zero attached hydrogens (tertiary/aromatic N) is 2. The molecule has 0 radical (unpaired) electrons. The third-order valence-electron chi connectivity index (χ3n) is 5.10. The molecule has 0 N–H and O–H groups in total. The third-order valence-corrected chi connectivity index (χ3v) is 6.10. The van der Waals surface area contributed by atoms with Crippen molar-refractivity contribution in [2.45, 2.75) is 18.4 Å². The molecule has 0 spiro atoms. The van der Waals surface area contributed by atoms with Crippen molar-refractivity contribution in [2.75, 3.05) is 13.2 Å². The number of hydrogen-bond donors (Lipinski definition) is 0. The van der Waals surface area contributed by atoms with Gasteiger partial charge in [0.2, 0.25) is 5.79 Å². The Labute approximate surface area is 179 Å². The maximum absolute atomic E-state index is 6.40. The summed E-state index contributed by atoms with van der Waals surface area (Å²) in [5.74, 6) is 0.0154. The van der Waals surface area contributed by atoms with E-state index in [1.54, 1.807) is 23.9 Å². The zero-order chi connectivity index (χ0) is 20.2. The van der Waals surface area contributed by atoms with Crippen LogP contribution in [-0.4, -0.2) is 28.9 Å². The Kier molecular flexibility index (Phi) is 5.36. The molecule has 0 saturated carbocycles. The van der Waals surface area contributed by atoms with Crippen molar-refractivity contribution in [3.05, 3.63) is 95.7 Å². The standard InChI is InChI=1S/C24H22N2O3S/c1-2-5-19(6-3-1)20-8-10-21(11-9-20)27-15-22-16-28-24(29-22,23-7-4-14-30-23)17-26-13-12-25-18-26/h1-14,18,22H,15-17H2/t22-,24-/m1/s1. The normalized spacial score (nSPS) is 21.0. The van der Waals surface area contributed by atoms with E-state index in [0.29, 0.717) is 19.8 Å². The maximum atomic E-state index is 6.40. The fraction of sp³-hybridized carbons (Fsp3) is 0.208. The van der Waals surface area contributed by atoms with Crippen LogP contribution in [0.1, 0.15) is 4.88 Å². The van der Waals surface area contributed by atoms with E-state index in [4.69, 9.17) is 14.2 Å². The Hall–Kier alpha value is -2.93. The molecule has 1 fully saturated rings. The summed E-state index contributed by atoms with van der Waals surface area (Å²) in [5.41, 5.74) is 2.36. The van der Waals surface area contributed by atoms with Gasteiger partial charge < -0.3 is 18.8 Å². The van der Waals surface area contributed by atoms with E-state index in [0.717, 1.165) is 10.6 Å². The molecule has 152 valence electrons. The fourth-order valence-electron chi connectivity index (χ4n) is 3.62. The lowest BCUT2D eigenvalue weighted by atomic mass is 10.1. The highest BCUT2D eigenvalue weighted by molar-refractivity contribution is 7.10. The van der Waals surface area contributed by atoms with Crippen LogP contribution >= 0.6 is 11.3 Å². The van der Waals surface area contributed by atoms with Crippen molar-refractivity contribution < 1.29 is 14.2 Å². The van der Waals surface area contributed by atoms with Crippen molar-refractivity contribution in [3.8, 4) is 16.9 Å². The molecular formula is C24H22N2O3S. The molecule has 2 aromatic carbocycles. The molecule has 5 rings (SSSR count). The Balaban J connectivity index is 1.24. The summed E-state index contributed by atoms with van der Waals surface area (Å²) in [5, 5.41) is 2.04. The summed E-state index contributed by atoms with van der Waals surface area (Å²) >= 11 is 1.63. The van der Waals surface area contributed by atoms with Gasteiger partial charge in [-0.2, -0.15) is 0 Å². The Morgan fingerprint density at radius 3 is 2.60 bits per heavy atom. The van der Waals surface area contributed by atoms with Gasteiger partial charge in [-0.05, 0) is 34.7 Å². The molecule has 0 bridgehead atoms. The van der Waals surface area contributed by atoms with Gasteiger partial charge in [-0.3, -0.25) is 0 Å². The molecule has 30 heavy (non-hydrogen) atoms. The summed E-state index contributed by atoms with van der Waals surface area (Å²) in [6.45, 7) is 1.46. The highest BCUT2D eigenvalue weighted by Crippen LogP contribution is 2.38. The monoisotopic (exact) mass is 418 g/mol. The number of hydrogen-bond acceptors (Lipinski definition) is 5. The molecule has 2 aromatic heterocycles. The molecule has 0 amide bonds. The number of benzene rings is 2. The van der Waals surface area contributed by atoms with Crippen LogP contribution in [0.4, 0.5) is 0 Å². The lowest BCUT2D eigenvalue weighted by Gasteiger charge is -2.27. The second kappa shape index (κ2) is 8.44. The first-order valence-corrected chi connectivity index (χ1v) is 10.8. The first-order valence-electron chi connectivity index (χ1n) is 9.91. The zero-order valence-electron chi connectivity index (χ0n) is 16.4. The van der Waals surface area contributed by atoms with Crippen molar-refractivity contribution in [1.29, 1.82) is 0 Å². The molecule has 3 heterocycles. The van der Waals surface area contributed by atoms with Gasteiger partial charge >= 0.3 is 0 Å². The average molecular weight is 419 g/mol. The van der Waals surface area contributed by atoms with E-state index in [-0.39, 0.29) is 6.10 Å². The van der Waals surface area contributed by atoms with Gasteiger partial charge in [0.15, 0.2) is 0 Å². The van der Waals surface area contributed by atoms with Gasteiger partial charge in [-0.25, -0.2) is 4.98 Å². The Morgan fingerprint density at radius 2 is 1.87 bits per heavy atom. The molecule has 1 aliphatic heterocycles. The van der Waals surface area contributed by atoms with Gasteiger partial charge in [-0.1, -0.05) is 48.5 Å². The van der Waals surface area contributed by atoms with E-state index in [9.17, 15) is 0 Å². The SMILES string of the molecule is c1ccc(-c2ccc(OC[C@@H]3CO[C@@](Cn4ccnc4)(c4cccs4)O3)cc2)cc1. The van der Waals surface area contributed by atoms with Crippen molar-refractivity contribution in [3.63, 3.8) is 0 Å². The van der Waals surface area contributed by atoms with Crippen LogP contribution in [0.3, 0.4) is 0 Å². The van der Waals surface area contributed by atoms with Crippen molar-refractivity contribution in [1.82, 2.24) is 9.55 Å². The van der Waals surface area contributed by atoms with Gasteiger partial charge in [0, 0.05) is 12.4 Å². The zero-order valence-corrected chi connectivity index (χ0v) is 17.2. The predicted octanol–water partition coefficient (Wildman–Crippen LogP) is 4.96. The molecule has 0 aliphatic carbocycles. The Morgan fingerprint density at radius 1 is 1.03 bits per heavy atom. The largest absolute Gasteiger partial charge is 0.491 e. The van der Waals surface area contributed by atoms with Crippen LogP contribution in [-0.2, 0) is 21.8 Å². The van der Waals surface area contributed by atoms with E-state index in [1.807, 2.05) is 58.6 Å². The molecule has 6 heteroatoms. The van der Waals surface area contributed by atoms with E-state index in [1.165, 1.54) is 11.1 Å². The average Bonchev–Trinajstić information content (AvgIpc) is 3.56. The van der Waals surface area contributed by atoms with E-state index >= 15 is 0 Å². The highest BCUT2D eigenvalue weighted by atomic mass is 32.1. The number of ether oxygens (including phenoxy) is 3. The number of aromatic nitrogens is 2. The topological polar surface area (TPSA) is 45.5 Å². The second-order valence-corrected chi connectivity index (χ2v) is 8.17. The molecule has 4 aromatic rings. The summed E-state index contributed by atoms with van der Waals surface area (Å²) < 4.78 is 20.6. The maximum Gasteiger partial charge on any atom is 0.223 e. The van der Waals surface area contributed by atoms with Crippen LogP contribution in [0, 0.1) is 0 Å². The van der Waals surface area contributed by atoms with Crippen LogP contribution in [0.5, 0.6) is 5.75 Å². The molecule has 1 aliphatic rings. The van der Waals surface area contributed by atoms with Crippen LogP contribution in [0.25, 0.3) is 11.1 Å². The van der Waals surface area contributed by atoms with Crippen LogP contribution in [0.2, 0.25) is 0 Å². The van der Waals surface area contributed by atoms with Gasteiger partial charge in [-0.15, -0.1) is 11.3 Å². The van der Waals surface area contributed by atoms with Crippen molar-refractivity contribution >= 4 is 11.3 Å². The van der Waals surface area contributed by atoms with Gasteiger partial charge in [0.1, 0.15) is 18.5 Å². The molecule has 1 saturated heterocycles. The highest BCUT2D eigenvalue weighted by Gasteiger charge is 2.44. The number of rotatable bonds is 7. The number of thiophene rings is 1.